The second kappa shape index (κ2) is 9.09. The number of azo groups is 1. The fraction of sp³-hybridized carbons (Fsp3) is 0.286. The van der Waals surface area contributed by atoms with Crippen molar-refractivity contribution >= 4 is 11.9 Å². The third-order valence-corrected chi connectivity index (χ3v) is 2.68. The van der Waals surface area contributed by atoms with Crippen LogP contribution in [0.4, 0.5) is 0 Å². The van der Waals surface area contributed by atoms with E-state index in [9.17, 15) is 9.59 Å². The first-order valence-electron chi connectivity index (χ1n) is 6.20. The van der Waals surface area contributed by atoms with E-state index in [1.165, 1.54) is 26.0 Å². The fourth-order valence-corrected chi connectivity index (χ4v) is 1.48. The number of carbonyl (C=O) groups is 2. The van der Waals surface area contributed by atoms with Gasteiger partial charge in [-0.05, 0) is 13.8 Å². The zero-order chi connectivity index (χ0) is 18.9. The number of carboxylic acid groups (broad SMARTS) is 2. The van der Waals surface area contributed by atoms with E-state index in [0.29, 0.717) is 0 Å². The van der Waals surface area contributed by atoms with Crippen LogP contribution >= 0.6 is 0 Å². The van der Waals surface area contributed by atoms with Crippen LogP contribution in [0.15, 0.2) is 32.5 Å². The van der Waals surface area contributed by atoms with Gasteiger partial charge in [0.2, 0.25) is 0 Å². The molecule has 2 unspecified atom stereocenters. The summed E-state index contributed by atoms with van der Waals surface area (Å²) in [7, 11) is 0. The Morgan fingerprint density at radius 2 is 1.04 bits per heavy atom. The summed E-state index contributed by atoms with van der Waals surface area (Å²) in [5.41, 5.74) is -2.48. The van der Waals surface area contributed by atoms with E-state index >= 15 is 0 Å². The lowest BCUT2D eigenvalue weighted by molar-refractivity contribution is -0.133. The predicted octanol–water partition coefficient (Wildman–Crippen LogP) is 1.07. The van der Waals surface area contributed by atoms with Gasteiger partial charge in [-0.3, -0.25) is 0 Å². The molecule has 0 saturated heterocycles. The highest BCUT2D eigenvalue weighted by molar-refractivity contribution is 5.93. The molecular formula is C14H10N6O4. The summed E-state index contributed by atoms with van der Waals surface area (Å²) in [6.45, 7) is 2.60. The number of nitrogens with zero attached hydrogens (tertiary/aromatic N) is 6. The number of carboxylic acids is 2. The first-order chi connectivity index (χ1) is 11.2. The van der Waals surface area contributed by atoms with Crippen molar-refractivity contribution in [2.75, 3.05) is 0 Å². The molecule has 0 bridgehead atoms. The van der Waals surface area contributed by atoms with Crippen LogP contribution in [-0.2, 0) is 9.59 Å². The van der Waals surface area contributed by atoms with Gasteiger partial charge < -0.3 is 10.2 Å². The number of nitriles is 4. The van der Waals surface area contributed by atoms with E-state index in [0.717, 1.165) is 0 Å². The second-order valence-corrected chi connectivity index (χ2v) is 4.22. The number of aliphatic carboxylic acids is 2. The summed E-state index contributed by atoms with van der Waals surface area (Å²) in [6.07, 6.45) is 0. The van der Waals surface area contributed by atoms with Crippen molar-refractivity contribution in [3.63, 3.8) is 0 Å². The van der Waals surface area contributed by atoms with E-state index < -0.39 is 46.3 Å². The van der Waals surface area contributed by atoms with Gasteiger partial charge in [0.25, 0.3) is 0 Å². The lowest BCUT2D eigenvalue weighted by Crippen LogP contribution is -2.13. The quantitative estimate of drug-likeness (QED) is 0.410. The highest BCUT2D eigenvalue weighted by atomic mass is 16.4. The fourth-order valence-electron chi connectivity index (χ4n) is 1.48. The highest BCUT2D eigenvalue weighted by Crippen LogP contribution is 2.16. The molecule has 0 aromatic rings. The van der Waals surface area contributed by atoms with Crippen molar-refractivity contribution in [1.82, 2.24) is 0 Å². The van der Waals surface area contributed by atoms with Crippen molar-refractivity contribution in [1.29, 1.82) is 21.0 Å². The monoisotopic (exact) mass is 326 g/mol. The number of hydrogen-bond acceptors (Lipinski definition) is 8. The molecule has 0 aromatic carbocycles. The van der Waals surface area contributed by atoms with Gasteiger partial charge in [0.1, 0.15) is 24.2 Å². The van der Waals surface area contributed by atoms with Crippen LogP contribution in [0.3, 0.4) is 0 Å². The Kier molecular flexibility index (Phi) is 7.57. The maximum atomic E-state index is 10.9. The standard InChI is InChI=1S/C14H10N6O4/c1-7(9(3-15)11(5-17)13(21)22)19-20-8(2)10(4-16)12(6-18)14(23)24/h7-8H,1-2H3,(H,21,22)(H,23,24)/b11-9-,12-10+,20-19?. The summed E-state index contributed by atoms with van der Waals surface area (Å²) in [5, 5.41) is 60.4. The molecule has 0 radical (unpaired) electrons. The van der Waals surface area contributed by atoms with E-state index in [-0.39, 0.29) is 0 Å². The molecule has 0 heterocycles. The molecule has 0 aliphatic rings. The van der Waals surface area contributed by atoms with Crippen LogP contribution in [0.1, 0.15) is 13.8 Å². The average Bonchev–Trinajstić information content (AvgIpc) is 2.53. The molecule has 0 spiro atoms. The molecule has 24 heavy (non-hydrogen) atoms. The van der Waals surface area contributed by atoms with Gasteiger partial charge in [-0.25, -0.2) is 9.59 Å². The number of rotatable bonds is 6. The topological polar surface area (TPSA) is 194 Å². The Labute approximate surface area is 136 Å². The Morgan fingerprint density at radius 1 is 0.750 bits per heavy atom. The third-order valence-electron chi connectivity index (χ3n) is 2.68. The van der Waals surface area contributed by atoms with Gasteiger partial charge in [-0.15, -0.1) is 0 Å². The van der Waals surface area contributed by atoms with Crippen LogP contribution in [0.5, 0.6) is 0 Å². The normalized spacial score (nSPS) is 14.8. The Bertz CT molecular complexity index is 742. The van der Waals surface area contributed by atoms with E-state index in [1.54, 1.807) is 12.1 Å². The molecule has 2 atom stereocenters. The second-order valence-electron chi connectivity index (χ2n) is 4.22. The van der Waals surface area contributed by atoms with Crippen molar-refractivity contribution in [3.8, 4) is 24.3 Å². The molecule has 0 aromatic heterocycles. The maximum absolute atomic E-state index is 10.9. The van der Waals surface area contributed by atoms with Crippen molar-refractivity contribution < 1.29 is 19.8 Å². The molecule has 0 saturated carbocycles. The number of hydrogen-bond donors (Lipinski definition) is 2. The van der Waals surface area contributed by atoms with E-state index in [4.69, 9.17) is 31.3 Å². The van der Waals surface area contributed by atoms with Crippen LogP contribution in [0.2, 0.25) is 0 Å². The molecular weight excluding hydrogens is 316 g/mol. The van der Waals surface area contributed by atoms with Gasteiger partial charge in [0, 0.05) is 0 Å². The largest absolute Gasteiger partial charge is 0.477 e. The van der Waals surface area contributed by atoms with E-state index in [1.807, 2.05) is 0 Å². The lowest BCUT2D eigenvalue weighted by Gasteiger charge is -2.07. The van der Waals surface area contributed by atoms with Gasteiger partial charge >= 0.3 is 11.9 Å². The first kappa shape index (κ1) is 20.0. The molecule has 120 valence electrons. The summed E-state index contributed by atoms with van der Waals surface area (Å²) in [4.78, 5) is 21.8. The summed E-state index contributed by atoms with van der Waals surface area (Å²) in [5.74, 6) is -3.20. The maximum Gasteiger partial charge on any atom is 0.347 e. The summed E-state index contributed by atoms with van der Waals surface area (Å²) in [6, 6.07) is 3.62. The SMILES string of the molecule is CC(N=NC(C)/C(C#N)=C(/C#N)C(=O)O)/C(C#N)=C(\C#N)C(=O)O. The molecule has 10 nitrogen and oxygen atoms in total. The summed E-state index contributed by atoms with van der Waals surface area (Å²) >= 11 is 0. The average molecular weight is 326 g/mol. The van der Waals surface area contributed by atoms with Gasteiger partial charge in [-0.1, -0.05) is 0 Å². The zero-order valence-corrected chi connectivity index (χ0v) is 12.5. The van der Waals surface area contributed by atoms with Crippen LogP contribution < -0.4 is 0 Å². The first-order valence-corrected chi connectivity index (χ1v) is 6.20. The van der Waals surface area contributed by atoms with Crippen LogP contribution in [0, 0.1) is 45.3 Å². The predicted molar refractivity (Wildman–Crippen MR) is 75.6 cm³/mol. The zero-order valence-electron chi connectivity index (χ0n) is 12.5. The van der Waals surface area contributed by atoms with Crippen molar-refractivity contribution in [3.05, 3.63) is 22.3 Å². The van der Waals surface area contributed by atoms with Crippen LogP contribution in [-0.4, -0.2) is 34.2 Å². The van der Waals surface area contributed by atoms with Gasteiger partial charge in [-0.2, -0.15) is 31.3 Å². The van der Waals surface area contributed by atoms with Crippen molar-refractivity contribution in [2.45, 2.75) is 25.9 Å². The van der Waals surface area contributed by atoms with E-state index in [2.05, 4.69) is 10.2 Å². The minimum Gasteiger partial charge on any atom is -0.477 e. The minimum atomic E-state index is -1.60. The Morgan fingerprint density at radius 3 is 1.21 bits per heavy atom. The summed E-state index contributed by atoms with van der Waals surface area (Å²) < 4.78 is 0. The molecule has 0 aliphatic heterocycles. The molecule has 0 fully saturated rings. The Balaban J connectivity index is 5.79. The third kappa shape index (κ3) is 4.77. The van der Waals surface area contributed by atoms with Gasteiger partial charge in [0.15, 0.2) is 11.1 Å². The van der Waals surface area contributed by atoms with Crippen molar-refractivity contribution in [2.24, 2.45) is 10.2 Å². The molecule has 2 N–H and O–H groups in total. The molecule has 0 rings (SSSR count). The minimum absolute atomic E-state index is 0.442. The smallest absolute Gasteiger partial charge is 0.347 e. The van der Waals surface area contributed by atoms with Gasteiger partial charge in [0.05, 0.1) is 23.3 Å². The Hall–Kier alpha value is -4.02. The molecule has 10 heteroatoms. The highest BCUT2D eigenvalue weighted by Gasteiger charge is 2.22. The molecule has 0 aliphatic carbocycles. The lowest BCUT2D eigenvalue weighted by atomic mass is 10.0. The van der Waals surface area contributed by atoms with Crippen LogP contribution in [0.25, 0.3) is 0 Å². The molecule has 0 amide bonds.